The smallest absolute Gasteiger partial charge is 0.295 e. The molecule has 0 aliphatic heterocycles. The van der Waals surface area contributed by atoms with Crippen molar-refractivity contribution in [2.75, 3.05) is 19.0 Å². The van der Waals surface area contributed by atoms with Crippen LogP contribution in [0.2, 0.25) is 0 Å². The van der Waals surface area contributed by atoms with Crippen molar-refractivity contribution in [2.24, 2.45) is 0 Å². The van der Waals surface area contributed by atoms with Crippen LogP contribution in [0.15, 0.2) is 39.7 Å². The van der Waals surface area contributed by atoms with Crippen LogP contribution in [-0.2, 0) is 10.1 Å². The van der Waals surface area contributed by atoms with Gasteiger partial charge in [-0.05, 0) is 18.2 Å². The third-order valence-corrected chi connectivity index (χ3v) is 4.25. The van der Waals surface area contributed by atoms with E-state index in [1.54, 1.807) is 12.1 Å². The van der Waals surface area contributed by atoms with Gasteiger partial charge in [0, 0.05) is 35.0 Å². The molecule has 0 fully saturated rings. The maximum absolute atomic E-state index is 11.4. The lowest BCUT2D eigenvalue weighted by Gasteiger charge is -2.17. The van der Waals surface area contributed by atoms with Crippen LogP contribution in [-0.4, -0.2) is 27.1 Å². The third kappa shape index (κ3) is 2.23. The van der Waals surface area contributed by atoms with Crippen molar-refractivity contribution in [1.29, 1.82) is 0 Å². The highest BCUT2D eigenvalue weighted by Gasteiger charge is 2.17. The summed E-state index contributed by atoms with van der Waals surface area (Å²) in [6, 6.07) is 8.49. The molecule has 0 radical (unpaired) electrons. The van der Waals surface area contributed by atoms with E-state index in [0.717, 1.165) is 11.1 Å². The van der Waals surface area contributed by atoms with Gasteiger partial charge in [0.2, 0.25) is 0 Å². The van der Waals surface area contributed by atoms with E-state index in [1.807, 2.05) is 31.1 Å². The molecule has 96 valence electrons. The van der Waals surface area contributed by atoms with Crippen LogP contribution >= 0.6 is 15.9 Å². The molecule has 0 aliphatic rings. The lowest BCUT2D eigenvalue weighted by Crippen LogP contribution is -2.09. The van der Waals surface area contributed by atoms with E-state index in [2.05, 4.69) is 15.9 Å². The molecule has 0 atom stereocenters. The van der Waals surface area contributed by atoms with E-state index in [0.29, 0.717) is 9.86 Å². The van der Waals surface area contributed by atoms with Gasteiger partial charge in [-0.1, -0.05) is 28.1 Å². The fraction of sp³-hybridized carbons (Fsp3) is 0.167. The van der Waals surface area contributed by atoms with Gasteiger partial charge in [0.05, 0.1) is 0 Å². The number of hydrogen-bond acceptors (Lipinski definition) is 3. The van der Waals surface area contributed by atoms with Gasteiger partial charge in [-0.3, -0.25) is 4.55 Å². The van der Waals surface area contributed by atoms with Gasteiger partial charge in [-0.25, -0.2) is 0 Å². The topological polar surface area (TPSA) is 57.6 Å². The Morgan fingerprint density at radius 2 is 1.83 bits per heavy atom. The summed E-state index contributed by atoms with van der Waals surface area (Å²) in [7, 11) is -0.487. The molecule has 0 amide bonds. The normalized spacial score (nSPS) is 11.8. The first-order valence-corrected chi connectivity index (χ1v) is 7.41. The van der Waals surface area contributed by atoms with Gasteiger partial charge in [0.1, 0.15) is 4.90 Å². The highest BCUT2D eigenvalue weighted by Crippen LogP contribution is 2.35. The Labute approximate surface area is 114 Å². The second-order valence-corrected chi connectivity index (χ2v) is 6.36. The Bertz CT molecular complexity index is 711. The molecule has 0 heterocycles. The summed E-state index contributed by atoms with van der Waals surface area (Å²) in [5.41, 5.74) is 0.888. The fourth-order valence-electron chi connectivity index (χ4n) is 1.92. The summed E-state index contributed by atoms with van der Waals surface area (Å²) in [5.74, 6) is 0. The molecule has 0 bridgehead atoms. The molecule has 2 aromatic rings. The lowest BCUT2D eigenvalue weighted by atomic mass is 10.1. The van der Waals surface area contributed by atoms with Gasteiger partial charge in [0.15, 0.2) is 0 Å². The highest BCUT2D eigenvalue weighted by atomic mass is 79.9. The Morgan fingerprint density at radius 3 is 2.39 bits per heavy atom. The van der Waals surface area contributed by atoms with Crippen molar-refractivity contribution < 1.29 is 13.0 Å². The molecule has 4 nitrogen and oxygen atoms in total. The van der Waals surface area contributed by atoms with Crippen LogP contribution in [0.3, 0.4) is 0 Å². The molecule has 0 spiro atoms. The second-order valence-electron chi connectivity index (χ2n) is 4.11. The van der Waals surface area contributed by atoms with E-state index < -0.39 is 10.1 Å². The molecule has 2 rings (SSSR count). The zero-order valence-corrected chi connectivity index (χ0v) is 12.3. The number of anilines is 1. The van der Waals surface area contributed by atoms with Gasteiger partial charge in [-0.15, -0.1) is 0 Å². The molecule has 0 aliphatic carbocycles. The average molecular weight is 330 g/mol. The highest BCUT2D eigenvalue weighted by molar-refractivity contribution is 9.10. The molecular formula is C12H12BrNO3S. The van der Waals surface area contributed by atoms with Crippen molar-refractivity contribution in [1.82, 2.24) is 0 Å². The minimum Gasteiger partial charge on any atom is -0.377 e. The largest absolute Gasteiger partial charge is 0.377 e. The molecule has 2 aromatic carbocycles. The zero-order chi connectivity index (χ0) is 13.5. The summed E-state index contributed by atoms with van der Waals surface area (Å²) in [6.45, 7) is 0. The van der Waals surface area contributed by atoms with Crippen molar-refractivity contribution in [3.8, 4) is 0 Å². The number of fused-ring (bicyclic) bond motifs is 1. The van der Waals surface area contributed by atoms with Crippen LogP contribution < -0.4 is 4.90 Å². The summed E-state index contributed by atoms with van der Waals surface area (Å²) >= 11 is 3.33. The fourth-order valence-corrected chi connectivity index (χ4v) is 3.34. The Kier molecular flexibility index (Phi) is 3.35. The third-order valence-electron chi connectivity index (χ3n) is 2.69. The van der Waals surface area contributed by atoms with Crippen molar-refractivity contribution in [3.05, 3.63) is 34.8 Å². The molecule has 0 unspecified atom stereocenters. The molecule has 0 saturated carbocycles. The van der Waals surface area contributed by atoms with Crippen LogP contribution in [0, 0.1) is 0 Å². The Balaban J connectivity index is 2.98. The lowest BCUT2D eigenvalue weighted by molar-refractivity contribution is 0.484. The molecule has 0 aromatic heterocycles. The number of halogens is 1. The number of nitrogens with zero attached hydrogens (tertiary/aromatic N) is 1. The second kappa shape index (κ2) is 4.53. The zero-order valence-electron chi connectivity index (χ0n) is 9.88. The van der Waals surface area contributed by atoms with Gasteiger partial charge >= 0.3 is 0 Å². The molecular weight excluding hydrogens is 318 g/mol. The van der Waals surface area contributed by atoms with E-state index in [9.17, 15) is 13.0 Å². The van der Waals surface area contributed by atoms with E-state index in [4.69, 9.17) is 0 Å². The summed E-state index contributed by atoms with van der Waals surface area (Å²) in [6.07, 6.45) is 0. The molecule has 18 heavy (non-hydrogen) atoms. The summed E-state index contributed by atoms with van der Waals surface area (Å²) < 4.78 is 32.7. The molecule has 1 N–H and O–H groups in total. The van der Waals surface area contributed by atoms with Crippen LogP contribution in [0.25, 0.3) is 10.8 Å². The van der Waals surface area contributed by atoms with Gasteiger partial charge in [-0.2, -0.15) is 8.42 Å². The van der Waals surface area contributed by atoms with E-state index >= 15 is 0 Å². The van der Waals surface area contributed by atoms with E-state index in [1.165, 1.54) is 6.07 Å². The van der Waals surface area contributed by atoms with Crippen LogP contribution in [0.5, 0.6) is 0 Å². The number of hydrogen-bond donors (Lipinski definition) is 1. The van der Waals surface area contributed by atoms with Gasteiger partial charge in [0.25, 0.3) is 10.1 Å². The number of rotatable bonds is 2. The van der Waals surface area contributed by atoms with Crippen molar-refractivity contribution >= 4 is 42.5 Å². The van der Waals surface area contributed by atoms with Crippen LogP contribution in [0.1, 0.15) is 0 Å². The monoisotopic (exact) mass is 329 g/mol. The Morgan fingerprint density at radius 1 is 1.17 bits per heavy atom. The number of benzene rings is 2. The van der Waals surface area contributed by atoms with Gasteiger partial charge < -0.3 is 4.90 Å². The maximum atomic E-state index is 11.4. The Hall–Kier alpha value is -1.11. The average Bonchev–Trinajstić information content (AvgIpc) is 2.27. The van der Waals surface area contributed by atoms with Crippen molar-refractivity contribution in [3.63, 3.8) is 0 Å². The first-order valence-electron chi connectivity index (χ1n) is 5.18. The minimum atomic E-state index is -4.24. The standard InChI is InChI=1S/C12H12BrNO3S/c1-14(2)10-7-6-9(13)12-8(10)4-3-5-11(12)18(15,16)17/h3-7H,1-2H3,(H,15,16,17). The summed E-state index contributed by atoms with van der Waals surface area (Å²) in [5, 5.41) is 1.26. The predicted molar refractivity (Wildman–Crippen MR) is 75.8 cm³/mol. The first-order chi connectivity index (χ1) is 8.32. The predicted octanol–water partition coefficient (Wildman–Crippen LogP) is 2.92. The minimum absolute atomic E-state index is 0.0874. The summed E-state index contributed by atoms with van der Waals surface area (Å²) in [4.78, 5) is 1.80. The maximum Gasteiger partial charge on any atom is 0.295 e. The first kappa shape index (κ1) is 13.3. The SMILES string of the molecule is CN(C)c1ccc(Br)c2c(S(=O)(=O)O)cccc12. The molecule has 0 saturated heterocycles. The van der Waals surface area contributed by atoms with Crippen LogP contribution in [0.4, 0.5) is 5.69 Å². The quantitative estimate of drug-likeness (QED) is 0.860. The molecule has 6 heteroatoms. The van der Waals surface area contributed by atoms with Crippen molar-refractivity contribution in [2.45, 2.75) is 4.90 Å². The van der Waals surface area contributed by atoms with E-state index in [-0.39, 0.29) is 4.90 Å².